The molecule has 6 rings (SSSR count). The second-order valence-corrected chi connectivity index (χ2v) is 7.22. The van der Waals surface area contributed by atoms with Crippen LogP contribution in [0.15, 0.2) is 122 Å². The first-order valence-corrected chi connectivity index (χ1v) is 10.6. The van der Waals surface area contributed by atoms with Crippen molar-refractivity contribution in [2.45, 2.75) is 0 Å². The van der Waals surface area contributed by atoms with E-state index in [4.69, 9.17) is 0 Å². The molecule has 0 unspecified atom stereocenters. The van der Waals surface area contributed by atoms with Crippen LogP contribution in [0.4, 0.5) is 0 Å². The molecule has 4 nitrogen and oxygen atoms in total. The van der Waals surface area contributed by atoms with E-state index in [-0.39, 0.29) is 20.1 Å². The van der Waals surface area contributed by atoms with E-state index in [1.165, 1.54) is 0 Å². The van der Waals surface area contributed by atoms with Gasteiger partial charge in [-0.2, -0.15) is 0 Å². The topological polar surface area (TPSA) is 43.6 Å². The van der Waals surface area contributed by atoms with E-state index in [2.05, 4.69) is 43.8 Å². The second kappa shape index (κ2) is 11.3. The number of hydrogen-bond donors (Lipinski definition) is 0. The molecule has 3 aromatic heterocycles. The zero-order valence-corrected chi connectivity index (χ0v) is 20.6. The summed E-state index contributed by atoms with van der Waals surface area (Å²) >= 11 is 0. The first kappa shape index (κ1) is 23.2. The molecule has 34 heavy (non-hydrogen) atoms. The van der Waals surface area contributed by atoms with Gasteiger partial charge in [0.2, 0.25) is 0 Å². The van der Waals surface area contributed by atoms with Gasteiger partial charge in [0.25, 0.3) is 0 Å². The van der Waals surface area contributed by atoms with Gasteiger partial charge in [-0.25, -0.2) is 4.98 Å². The Balaban J connectivity index is 0.000000180. The minimum atomic E-state index is 0. The molecule has 0 aliphatic carbocycles. The van der Waals surface area contributed by atoms with Crippen molar-refractivity contribution in [1.82, 2.24) is 19.5 Å². The first-order chi connectivity index (χ1) is 16.4. The maximum absolute atomic E-state index is 4.68. The van der Waals surface area contributed by atoms with Crippen LogP contribution in [-0.4, -0.2) is 19.5 Å². The molecule has 167 valence electrons. The van der Waals surface area contributed by atoms with Crippen molar-refractivity contribution in [2.24, 2.45) is 0 Å². The number of pyridine rings is 2. The molecule has 0 spiro atoms. The third kappa shape index (κ3) is 5.17. The fourth-order valence-corrected chi connectivity index (χ4v) is 3.54. The van der Waals surface area contributed by atoms with Crippen LogP contribution in [0.25, 0.3) is 39.5 Å². The van der Waals surface area contributed by atoms with Gasteiger partial charge in [-0.05, 0) is 36.0 Å². The average Bonchev–Trinajstić information content (AvgIpc) is 3.31. The van der Waals surface area contributed by atoms with Crippen molar-refractivity contribution in [2.75, 3.05) is 0 Å². The Morgan fingerprint density at radius 1 is 0.588 bits per heavy atom. The summed E-state index contributed by atoms with van der Waals surface area (Å²) in [6.07, 6.45) is 3.55. The predicted molar refractivity (Wildman–Crippen MR) is 132 cm³/mol. The number of para-hydroxylation sites is 1. The van der Waals surface area contributed by atoms with Gasteiger partial charge in [-0.1, -0.05) is 30.3 Å². The molecule has 5 heteroatoms. The van der Waals surface area contributed by atoms with E-state index < -0.39 is 0 Å². The van der Waals surface area contributed by atoms with Gasteiger partial charge in [-0.3, -0.25) is 4.98 Å². The Kier molecular flexibility index (Phi) is 7.71. The van der Waals surface area contributed by atoms with Gasteiger partial charge in [0, 0.05) is 38.2 Å². The van der Waals surface area contributed by atoms with Crippen molar-refractivity contribution in [3.8, 4) is 28.3 Å². The van der Waals surface area contributed by atoms with Gasteiger partial charge >= 0.3 is 0 Å². The molecule has 0 saturated heterocycles. The number of hydrogen-bond acceptors (Lipinski definition) is 3. The molecule has 1 radical (unpaired) electrons. The van der Waals surface area contributed by atoms with Crippen LogP contribution in [-0.2, 0) is 20.1 Å². The van der Waals surface area contributed by atoms with Gasteiger partial charge in [0.15, 0.2) is 5.65 Å². The quantitative estimate of drug-likeness (QED) is 0.215. The number of benzene rings is 3. The molecule has 0 aliphatic heterocycles. The Bertz CT molecular complexity index is 1400. The minimum Gasteiger partial charge on any atom is -0.332 e. The van der Waals surface area contributed by atoms with E-state index in [1.54, 1.807) is 12.4 Å². The third-order valence-corrected chi connectivity index (χ3v) is 5.04. The Morgan fingerprint density at radius 2 is 1.26 bits per heavy atom. The minimum absolute atomic E-state index is 0. The molecule has 0 N–H and O–H groups in total. The molecule has 3 heterocycles. The fraction of sp³-hybridized carbons (Fsp3) is 0. The average molecular weight is 617 g/mol. The van der Waals surface area contributed by atoms with Crippen molar-refractivity contribution < 1.29 is 20.1 Å². The van der Waals surface area contributed by atoms with Crippen LogP contribution >= 0.6 is 0 Å². The molecule has 6 aromatic rings. The summed E-state index contributed by atoms with van der Waals surface area (Å²) in [5, 5.41) is 0. The SMILES string of the molecule is [Ir].[c-]1ccccc1-c1ccccn1.[c-]1ccccc1-c1nc2ncccc2n1-c1ccccc1. The van der Waals surface area contributed by atoms with Gasteiger partial charge in [-0.15, -0.1) is 71.8 Å². The van der Waals surface area contributed by atoms with E-state index >= 15 is 0 Å². The number of nitrogens with zero attached hydrogens (tertiary/aromatic N) is 4. The van der Waals surface area contributed by atoms with Crippen LogP contribution in [0.2, 0.25) is 0 Å². The Labute approximate surface area is 212 Å². The summed E-state index contributed by atoms with van der Waals surface area (Å²) in [4.78, 5) is 13.3. The Morgan fingerprint density at radius 3 is 1.94 bits per heavy atom. The molecular formula is C29H20IrN4-2. The monoisotopic (exact) mass is 617 g/mol. The largest absolute Gasteiger partial charge is 0.332 e. The molecule has 0 bridgehead atoms. The van der Waals surface area contributed by atoms with Crippen LogP contribution in [0.3, 0.4) is 0 Å². The summed E-state index contributed by atoms with van der Waals surface area (Å²) in [6.45, 7) is 0. The van der Waals surface area contributed by atoms with Gasteiger partial charge in [0.05, 0.1) is 11.3 Å². The number of aromatic nitrogens is 4. The van der Waals surface area contributed by atoms with E-state index in [0.717, 1.165) is 39.5 Å². The van der Waals surface area contributed by atoms with Crippen molar-refractivity contribution in [1.29, 1.82) is 0 Å². The van der Waals surface area contributed by atoms with Crippen LogP contribution in [0.1, 0.15) is 0 Å². The van der Waals surface area contributed by atoms with Crippen LogP contribution in [0, 0.1) is 12.1 Å². The van der Waals surface area contributed by atoms with E-state index in [1.807, 2.05) is 97.1 Å². The van der Waals surface area contributed by atoms with Crippen LogP contribution < -0.4 is 0 Å². The molecule has 0 amide bonds. The summed E-state index contributed by atoms with van der Waals surface area (Å²) < 4.78 is 2.12. The molecule has 0 saturated carbocycles. The normalized spacial score (nSPS) is 10.1. The number of imidazole rings is 1. The molecule has 0 aliphatic rings. The molecule has 0 fully saturated rings. The summed E-state index contributed by atoms with van der Waals surface area (Å²) in [6, 6.07) is 42.1. The van der Waals surface area contributed by atoms with Crippen molar-refractivity contribution >= 4 is 11.2 Å². The van der Waals surface area contributed by atoms with Crippen molar-refractivity contribution in [3.63, 3.8) is 0 Å². The number of fused-ring (bicyclic) bond motifs is 1. The molecule has 0 atom stereocenters. The maximum Gasteiger partial charge on any atom is 0.168 e. The number of rotatable bonds is 3. The Hall–Kier alpha value is -3.92. The first-order valence-electron chi connectivity index (χ1n) is 10.6. The predicted octanol–water partition coefficient (Wildman–Crippen LogP) is 6.43. The summed E-state index contributed by atoms with van der Waals surface area (Å²) in [7, 11) is 0. The standard InChI is InChI=1S/C18H12N3.C11H8N.Ir/c1-3-8-14(9-4-1)18-20-17-16(12-7-13-19-17)21(18)15-10-5-2-6-11-15;1-2-6-10(7-3-1)11-8-4-5-9-12-11;/h1-8,10-13H;1-6,8-9H;/q2*-1;. The third-order valence-electron chi connectivity index (χ3n) is 5.04. The van der Waals surface area contributed by atoms with E-state index in [9.17, 15) is 0 Å². The van der Waals surface area contributed by atoms with Gasteiger partial charge < -0.3 is 9.55 Å². The maximum atomic E-state index is 4.68. The van der Waals surface area contributed by atoms with Crippen molar-refractivity contribution in [3.05, 3.63) is 134 Å². The molecule has 3 aromatic carbocycles. The fourth-order valence-electron chi connectivity index (χ4n) is 3.54. The van der Waals surface area contributed by atoms with Gasteiger partial charge in [0.1, 0.15) is 0 Å². The van der Waals surface area contributed by atoms with Crippen LogP contribution in [0.5, 0.6) is 0 Å². The smallest absolute Gasteiger partial charge is 0.168 e. The molecular weight excluding hydrogens is 597 g/mol. The summed E-state index contributed by atoms with van der Waals surface area (Å²) in [5.41, 5.74) is 5.78. The van der Waals surface area contributed by atoms with E-state index in [0.29, 0.717) is 0 Å². The zero-order valence-electron chi connectivity index (χ0n) is 18.2. The second-order valence-electron chi connectivity index (χ2n) is 7.22. The zero-order chi connectivity index (χ0) is 22.3. The summed E-state index contributed by atoms with van der Waals surface area (Å²) in [5.74, 6) is 0.857.